The molecule has 0 aliphatic carbocycles. The van der Waals surface area contributed by atoms with E-state index in [1.54, 1.807) is 22.7 Å². The van der Waals surface area contributed by atoms with Gasteiger partial charge in [0.05, 0.1) is 10.6 Å². The summed E-state index contributed by atoms with van der Waals surface area (Å²) in [5.74, 6) is 0.742. The third-order valence-corrected chi connectivity index (χ3v) is 5.14. The molecule has 4 heterocycles. The molecule has 0 unspecified atom stereocenters. The lowest BCUT2D eigenvalue weighted by molar-refractivity contribution is -0.385. The van der Waals surface area contributed by atoms with Crippen molar-refractivity contribution in [1.82, 2.24) is 19.3 Å². The predicted molar refractivity (Wildman–Crippen MR) is 97.7 cm³/mol. The van der Waals surface area contributed by atoms with E-state index in [0.717, 1.165) is 37.7 Å². The maximum atomic E-state index is 12.1. The highest BCUT2D eigenvalue weighted by Crippen LogP contribution is 2.18. The minimum atomic E-state index is -0.450. The summed E-state index contributed by atoms with van der Waals surface area (Å²) < 4.78 is 1.55. The molecule has 0 atom stereocenters. The molecule has 26 heavy (non-hydrogen) atoms. The molecule has 0 spiro atoms. The van der Waals surface area contributed by atoms with Gasteiger partial charge in [-0.2, -0.15) is 0 Å². The molecule has 4 rings (SSSR count). The molecular formula is C16H16N6O3S. The van der Waals surface area contributed by atoms with Gasteiger partial charge in [0, 0.05) is 56.4 Å². The number of piperazine rings is 1. The first-order valence-corrected chi connectivity index (χ1v) is 9.02. The Balaban J connectivity index is 1.39. The van der Waals surface area contributed by atoms with Gasteiger partial charge in [-0.1, -0.05) is 0 Å². The molecule has 10 heteroatoms. The van der Waals surface area contributed by atoms with Gasteiger partial charge < -0.3 is 4.90 Å². The lowest BCUT2D eigenvalue weighted by atomic mass is 10.2. The SMILES string of the molecule is O=c1cc(CN2CCN(c3ccc([N+](=O)[O-])cn3)CC2)nc2sccn12. The van der Waals surface area contributed by atoms with Crippen molar-refractivity contribution in [2.45, 2.75) is 6.54 Å². The van der Waals surface area contributed by atoms with Gasteiger partial charge in [-0.05, 0) is 6.07 Å². The van der Waals surface area contributed by atoms with Gasteiger partial charge in [0.25, 0.3) is 11.2 Å². The largest absolute Gasteiger partial charge is 0.354 e. The zero-order valence-electron chi connectivity index (χ0n) is 13.8. The highest BCUT2D eigenvalue weighted by Gasteiger charge is 2.19. The van der Waals surface area contributed by atoms with Crippen LogP contribution < -0.4 is 10.5 Å². The second-order valence-electron chi connectivity index (χ2n) is 6.04. The molecule has 3 aromatic rings. The van der Waals surface area contributed by atoms with Gasteiger partial charge in [0.2, 0.25) is 0 Å². The monoisotopic (exact) mass is 372 g/mol. The molecule has 134 valence electrons. The number of aromatic nitrogens is 3. The summed E-state index contributed by atoms with van der Waals surface area (Å²) in [7, 11) is 0. The van der Waals surface area contributed by atoms with Crippen LogP contribution in [0.3, 0.4) is 0 Å². The number of rotatable bonds is 4. The van der Waals surface area contributed by atoms with Crippen LogP contribution in [0.1, 0.15) is 5.69 Å². The summed E-state index contributed by atoms with van der Waals surface area (Å²) >= 11 is 1.45. The van der Waals surface area contributed by atoms with Crippen LogP contribution in [0.2, 0.25) is 0 Å². The molecule has 0 N–H and O–H groups in total. The van der Waals surface area contributed by atoms with Gasteiger partial charge >= 0.3 is 0 Å². The highest BCUT2D eigenvalue weighted by atomic mass is 32.1. The minimum Gasteiger partial charge on any atom is -0.354 e. The van der Waals surface area contributed by atoms with E-state index in [4.69, 9.17) is 0 Å². The Morgan fingerprint density at radius 1 is 1.23 bits per heavy atom. The second kappa shape index (κ2) is 6.81. The molecule has 9 nitrogen and oxygen atoms in total. The average molecular weight is 372 g/mol. The van der Waals surface area contributed by atoms with Crippen LogP contribution in [0, 0.1) is 10.1 Å². The van der Waals surface area contributed by atoms with Crippen molar-refractivity contribution >= 4 is 27.8 Å². The molecule has 0 radical (unpaired) electrons. The van der Waals surface area contributed by atoms with Gasteiger partial charge in [-0.3, -0.25) is 24.2 Å². The quantitative estimate of drug-likeness (QED) is 0.504. The van der Waals surface area contributed by atoms with Gasteiger partial charge in [0.15, 0.2) is 4.96 Å². The Hall–Kier alpha value is -2.85. The fourth-order valence-corrected chi connectivity index (χ4v) is 3.74. The maximum Gasteiger partial charge on any atom is 0.287 e. The topological polar surface area (TPSA) is 96.9 Å². The Kier molecular flexibility index (Phi) is 4.35. The molecular weight excluding hydrogens is 356 g/mol. The first-order chi connectivity index (χ1) is 12.6. The number of thiazole rings is 1. The lowest BCUT2D eigenvalue weighted by Crippen LogP contribution is -2.46. The van der Waals surface area contributed by atoms with Crippen LogP contribution >= 0.6 is 11.3 Å². The summed E-state index contributed by atoms with van der Waals surface area (Å²) in [4.78, 5) is 36.1. The Morgan fingerprint density at radius 2 is 2.04 bits per heavy atom. The van der Waals surface area contributed by atoms with E-state index in [1.807, 2.05) is 5.38 Å². The van der Waals surface area contributed by atoms with E-state index in [-0.39, 0.29) is 11.2 Å². The number of hydrogen-bond acceptors (Lipinski definition) is 8. The number of pyridine rings is 1. The average Bonchev–Trinajstić information content (AvgIpc) is 3.12. The number of nitrogens with zero attached hydrogens (tertiary/aromatic N) is 6. The Labute approximate surface area is 152 Å². The molecule has 3 aromatic heterocycles. The molecule has 1 aliphatic heterocycles. The van der Waals surface area contributed by atoms with Crippen molar-refractivity contribution in [1.29, 1.82) is 0 Å². The van der Waals surface area contributed by atoms with E-state index in [0.29, 0.717) is 11.5 Å². The fourth-order valence-electron chi connectivity index (χ4n) is 3.01. The molecule has 1 saturated heterocycles. The van der Waals surface area contributed by atoms with Gasteiger partial charge in [-0.15, -0.1) is 11.3 Å². The van der Waals surface area contributed by atoms with E-state index in [1.165, 1.54) is 23.6 Å². The van der Waals surface area contributed by atoms with E-state index in [9.17, 15) is 14.9 Å². The summed E-state index contributed by atoms with van der Waals surface area (Å²) in [6, 6.07) is 4.74. The summed E-state index contributed by atoms with van der Waals surface area (Å²) in [5.41, 5.74) is 0.716. The Morgan fingerprint density at radius 3 is 2.73 bits per heavy atom. The predicted octanol–water partition coefficient (Wildman–Crippen LogP) is 1.38. The third-order valence-electron chi connectivity index (χ3n) is 4.38. The van der Waals surface area contributed by atoms with Crippen molar-refractivity contribution in [3.05, 3.63) is 62.1 Å². The smallest absolute Gasteiger partial charge is 0.287 e. The van der Waals surface area contributed by atoms with Crippen LogP contribution in [0.5, 0.6) is 0 Å². The summed E-state index contributed by atoms with van der Waals surface area (Å²) in [6.07, 6.45) is 3.02. The van der Waals surface area contributed by atoms with Crippen molar-refractivity contribution in [2.24, 2.45) is 0 Å². The van der Waals surface area contributed by atoms with Gasteiger partial charge in [0.1, 0.15) is 12.0 Å². The van der Waals surface area contributed by atoms with E-state index in [2.05, 4.69) is 19.8 Å². The number of hydrogen-bond donors (Lipinski definition) is 0. The van der Waals surface area contributed by atoms with Gasteiger partial charge in [-0.25, -0.2) is 9.97 Å². The van der Waals surface area contributed by atoms with E-state index < -0.39 is 4.92 Å². The van der Waals surface area contributed by atoms with E-state index >= 15 is 0 Å². The number of nitro groups is 1. The first kappa shape index (κ1) is 16.6. The number of fused-ring (bicyclic) bond motifs is 1. The minimum absolute atomic E-state index is 0.00582. The molecule has 0 amide bonds. The van der Waals surface area contributed by atoms with Crippen LogP contribution in [-0.4, -0.2) is 50.4 Å². The number of anilines is 1. The summed E-state index contributed by atoms with van der Waals surface area (Å²) in [5, 5.41) is 12.6. The zero-order chi connectivity index (χ0) is 18.1. The van der Waals surface area contributed by atoms with Crippen molar-refractivity contribution in [2.75, 3.05) is 31.1 Å². The standard InChI is InChI=1S/C16H16N6O3S/c23-15-9-12(18-16-21(15)7-8-26-16)11-19-3-5-20(6-4-19)14-2-1-13(10-17-14)22(24)25/h1-2,7-10H,3-6,11H2. The Bertz CT molecular complexity index is 991. The first-order valence-electron chi connectivity index (χ1n) is 8.14. The lowest BCUT2D eigenvalue weighted by Gasteiger charge is -2.35. The maximum absolute atomic E-state index is 12.1. The third kappa shape index (κ3) is 3.28. The fraction of sp³-hybridized carbons (Fsp3) is 0.312. The highest BCUT2D eigenvalue weighted by molar-refractivity contribution is 7.15. The summed E-state index contributed by atoms with van der Waals surface area (Å²) in [6.45, 7) is 3.79. The van der Waals surface area contributed by atoms with Crippen LogP contribution in [0.25, 0.3) is 4.96 Å². The molecule has 0 aromatic carbocycles. The van der Waals surface area contributed by atoms with Crippen LogP contribution in [0.4, 0.5) is 11.5 Å². The molecule has 1 fully saturated rings. The van der Waals surface area contributed by atoms with Crippen LogP contribution in [0.15, 0.2) is 40.8 Å². The zero-order valence-corrected chi connectivity index (χ0v) is 14.6. The van der Waals surface area contributed by atoms with Crippen molar-refractivity contribution < 1.29 is 4.92 Å². The second-order valence-corrected chi connectivity index (χ2v) is 6.91. The van der Waals surface area contributed by atoms with Crippen molar-refractivity contribution in [3.63, 3.8) is 0 Å². The molecule has 0 bridgehead atoms. The molecule has 1 aliphatic rings. The van der Waals surface area contributed by atoms with Crippen LogP contribution in [-0.2, 0) is 6.54 Å². The normalized spacial score (nSPS) is 15.5. The molecule has 0 saturated carbocycles. The van der Waals surface area contributed by atoms with Crippen molar-refractivity contribution in [3.8, 4) is 0 Å².